The smallest absolute Gasteiger partial charge is 0.362 e. The number of ether oxygens (including phenoxy) is 2. The molecule has 1 unspecified atom stereocenters. The van der Waals surface area contributed by atoms with Crippen molar-refractivity contribution in [3.05, 3.63) is 119 Å². The van der Waals surface area contributed by atoms with E-state index in [0.29, 0.717) is 5.13 Å². The van der Waals surface area contributed by atoms with Gasteiger partial charge in [0.15, 0.2) is 5.13 Å². The molecule has 0 aliphatic rings. The molecule has 4 aromatic rings. The van der Waals surface area contributed by atoms with Crippen molar-refractivity contribution >= 4 is 34.1 Å². The summed E-state index contributed by atoms with van der Waals surface area (Å²) in [6, 6.07) is 30.4. The van der Waals surface area contributed by atoms with Gasteiger partial charge in [0.1, 0.15) is 16.8 Å². The van der Waals surface area contributed by atoms with E-state index in [1.54, 1.807) is 46.9 Å². The average Bonchev–Trinajstić information content (AvgIpc) is 3.48. The molecular formula is C35H39N3O5S. The first-order valence-electron chi connectivity index (χ1n) is 14.6. The van der Waals surface area contributed by atoms with E-state index in [4.69, 9.17) is 19.3 Å². The van der Waals surface area contributed by atoms with Crippen molar-refractivity contribution in [3.63, 3.8) is 0 Å². The Morgan fingerprint density at radius 3 is 1.75 bits per heavy atom. The van der Waals surface area contributed by atoms with Gasteiger partial charge in [0.2, 0.25) is 11.3 Å². The van der Waals surface area contributed by atoms with E-state index < -0.39 is 28.7 Å². The van der Waals surface area contributed by atoms with Crippen molar-refractivity contribution in [3.8, 4) is 0 Å². The second-order valence-corrected chi connectivity index (χ2v) is 12.2. The van der Waals surface area contributed by atoms with Crippen LogP contribution in [0.5, 0.6) is 0 Å². The standard InChI is InChI=1S/C35H39N3O5S/c1-7-34(6,31(40)42-33(3,4)5)43-38-29(30(39)41-8-2)28-24-44-32(36-28)37-35(25-18-12-9-13-19-25,26-20-14-10-15-21-26)27-22-16-11-17-23-27/h9-24H,7-8H2,1-6H3,(H,36,37). The molecule has 0 fully saturated rings. The number of nitrogens with zero attached hydrogens (tertiary/aromatic N) is 2. The van der Waals surface area contributed by atoms with E-state index in [-0.39, 0.29) is 24.4 Å². The molecule has 0 saturated heterocycles. The molecule has 0 amide bonds. The molecule has 0 radical (unpaired) electrons. The van der Waals surface area contributed by atoms with E-state index in [1.165, 1.54) is 11.3 Å². The van der Waals surface area contributed by atoms with Crippen LogP contribution in [0.25, 0.3) is 0 Å². The molecule has 0 aliphatic heterocycles. The highest BCUT2D eigenvalue weighted by Gasteiger charge is 2.40. The molecule has 4 rings (SSSR count). The zero-order valence-corrected chi connectivity index (χ0v) is 26.8. The minimum absolute atomic E-state index is 0.128. The van der Waals surface area contributed by atoms with Crippen LogP contribution in [0.2, 0.25) is 0 Å². The second-order valence-electron chi connectivity index (χ2n) is 11.3. The molecule has 230 valence electrons. The number of carbonyl (C=O) groups is 2. The summed E-state index contributed by atoms with van der Waals surface area (Å²) in [7, 11) is 0. The molecule has 1 atom stereocenters. The fraction of sp³-hybridized carbons (Fsp3) is 0.314. The van der Waals surface area contributed by atoms with Gasteiger partial charge in [-0.3, -0.25) is 0 Å². The van der Waals surface area contributed by atoms with Crippen LogP contribution >= 0.6 is 11.3 Å². The summed E-state index contributed by atoms with van der Waals surface area (Å²) >= 11 is 1.32. The highest BCUT2D eigenvalue weighted by Crippen LogP contribution is 2.40. The van der Waals surface area contributed by atoms with Gasteiger partial charge in [0.25, 0.3) is 0 Å². The molecule has 8 nitrogen and oxygen atoms in total. The van der Waals surface area contributed by atoms with Crippen LogP contribution in [0, 0.1) is 0 Å². The van der Waals surface area contributed by atoms with Gasteiger partial charge in [-0.1, -0.05) is 103 Å². The maximum absolute atomic E-state index is 13.1. The van der Waals surface area contributed by atoms with Gasteiger partial charge in [-0.2, -0.15) is 0 Å². The summed E-state index contributed by atoms with van der Waals surface area (Å²) in [5.74, 6) is -1.30. The molecule has 44 heavy (non-hydrogen) atoms. The Labute approximate surface area is 263 Å². The number of benzene rings is 3. The Kier molecular flexibility index (Phi) is 10.2. The molecule has 0 saturated carbocycles. The lowest BCUT2D eigenvalue weighted by atomic mass is 9.77. The van der Waals surface area contributed by atoms with Crippen LogP contribution in [0.4, 0.5) is 5.13 Å². The number of hydrogen-bond donors (Lipinski definition) is 1. The summed E-state index contributed by atoms with van der Waals surface area (Å²) in [4.78, 5) is 36.6. The Hall–Kier alpha value is -4.50. The first kappa shape index (κ1) is 32.4. The Bertz CT molecular complexity index is 1470. The second kappa shape index (κ2) is 13.9. The Balaban J connectivity index is 1.78. The number of thiazole rings is 1. The number of esters is 2. The summed E-state index contributed by atoms with van der Waals surface area (Å²) in [6.07, 6.45) is 0.263. The van der Waals surface area contributed by atoms with Gasteiger partial charge in [0.05, 0.1) is 6.61 Å². The number of aromatic nitrogens is 1. The van der Waals surface area contributed by atoms with E-state index in [9.17, 15) is 9.59 Å². The van der Waals surface area contributed by atoms with Crippen molar-refractivity contribution < 1.29 is 23.9 Å². The fourth-order valence-electron chi connectivity index (χ4n) is 4.55. The Morgan fingerprint density at radius 2 is 1.32 bits per heavy atom. The normalized spacial score (nSPS) is 13.5. The van der Waals surface area contributed by atoms with Crippen LogP contribution in [0.15, 0.2) is 102 Å². The molecule has 1 N–H and O–H groups in total. The van der Waals surface area contributed by atoms with E-state index in [1.807, 2.05) is 54.6 Å². The summed E-state index contributed by atoms with van der Waals surface area (Å²) < 4.78 is 10.8. The number of nitrogens with one attached hydrogen (secondary N) is 1. The predicted octanol–water partition coefficient (Wildman–Crippen LogP) is 7.34. The fourth-order valence-corrected chi connectivity index (χ4v) is 5.30. The SMILES string of the molecule is CCOC(=O)C(=NOC(C)(CC)C(=O)OC(C)(C)C)c1csc(NC(c2ccccc2)(c2ccccc2)c2ccccc2)n1. The first-order chi connectivity index (χ1) is 21.0. The largest absolute Gasteiger partial charge is 0.461 e. The molecule has 1 aromatic heterocycles. The Morgan fingerprint density at radius 1 is 0.818 bits per heavy atom. The summed E-state index contributed by atoms with van der Waals surface area (Å²) in [5.41, 5.74) is 0.168. The van der Waals surface area contributed by atoms with Crippen molar-refractivity contribution in [1.82, 2.24) is 4.98 Å². The summed E-state index contributed by atoms with van der Waals surface area (Å²) in [5, 5.41) is 10.1. The minimum atomic E-state index is -1.43. The topological polar surface area (TPSA) is 99.1 Å². The maximum Gasteiger partial charge on any atom is 0.362 e. The number of anilines is 1. The van der Waals surface area contributed by atoms with E-state index in [2.05, 4.69) is 46.9 Å². The number of hydrogen-bond acceptors (Lipinski definition) is 9. The highest BCUT2D eigenvalue weighted by molar-refractivity contribution is 7.14. The van der Waals surface area contributed by atoms with Crippen LogP contribution in [-0.2, 0) is 29.4 Å². The molecule has 0 aliphatic carbocycles. The first-order valence-corrected chi connectivity index (χ1v) is 15.5. The lowest BCUT2D eigenvalue weighted by Gasteiger charge is -2.36. The average molecular weight is 614 g/mol. The van der Waals surface area contributed by atoms with Gasteiger partial charge < -0.3 is 19.6 Å². The van der Waals surface area contributed by atoms with Gasteiger partial charge in [0, 0.05) is 5.38 Å². The maximum atomic E-state index is 13.1. The molecule has 0 bridgehead atoms. The molecular weight excluding hydrogens is 574 g/mol. The monoisotopic (exact) mass is 613 g/mol. The molecule has 3 aromatic carbocycles. The zero-order chi connectivity index (χ0) is 31.8. The quantitative estimate of drug-likeness (QED) is 0.0772. The third-order valence-electron chi connectivity index (χ3n) is 6.97. The van der Waals surface area contributed by atoms with E-state index >= 15 is 0 Å². The predicted molar refractivity (Wildman–Crippen MR) is 174 cm³/mol. The molecule has 1 heterocycles. The van der Waals surface area contributed by atoms with Crippen LogP contribution in [0.3, 0.4) is 0 Å². The van der Waals surface area contributed by atoms with Crippen molar-refractivity contribution in [2.45, 2.75) is 64.7 Å². The summed E-state index contributed by atoms with van der Waals surface area (Å²) in [6.45, 7) is 10.5. The van der Waals surface area contributed by atoms with Gasteiger partial charge >= 0.3 is 11.9 Å². The third-order valence-corrected chi connectivity index (χ3v) is 7.73. The van der Waals surface area contributed by atoms with Gasteiger partial charge in [-0.15, -0.1) is 11.3 Å². The number of oxime groups is 1. The van der Waals surface area contributed by atoms with Crippen molar-refractivity contribution in [2.24, 2.45) is 5.16 Å². The molecule has 9 heteroatoms. The number of carbonyl (C=O) groups excluding carboxylic acids is 2. The van der Waals surface area contributed by atoms with Crippen molar-refractivity contribution in [1.29, 1.82) is 0 Å². The lowest BCUT2D eigenvalue weighted by Crippen LogP contribution is -2.42. The lowest BCUT2D eigenvalue weighted by molar-refractivity contribution is -0.182. The van der Waals surface area contributed by atoms with Crippen LogP contribution in [0.1, 0.15) is 70.3 Å². The van der Waals surface area contributed by atoms with Gasteiger partial charge in [-0.05, 0) is 57.7 Å². The zero-order valence-electron chi connectivity index (χ0n) is 26.0. The van der Waals surface area contributed by atoms with Crippen molar-refractivity contribution in [2.75, 3.05) is 11.9 Å². The highest BCUT2D eigenvalue weighted by atomic mass is 32.1. The minimum Gasteiger partial charge on any atom is -0.461 e. The van der Waals surface area contributed by atoms with E-state index in [0.717, 1.165) is 16.7 Å². The third kappa shape index (κ3) is 7.34. The van der Waals surface area contributed by atoms with Gasteiger partial charge in [-0.25, -0.2) is 14.6 Å². The van der Waals surface area contributed by atoms with Crippen LogP contribution in [-0.4, -0.2) is 40.4 Å². The number of rotatable bonds is 12. The molecule has 0 spiro atoms. The van der Waals surface area contributed by atoms with Crippen LogP contribution < -0.4 is 5.32 Å².